The maximum Gasteiger partial charge on any atom is 0.229 e. The maximum absolute atomic E-state index is 9.32. The molecule has 0 bridgehead atoms. The normalized spacial score (nSPS) is 16.5. The molecular weight excluding hydrogens is 372 g/mol. The van der Waals surface area contributed by atoms with Gasteiger partial charge < -0.3 is 15.5 Å². The zero-order valence-corrected chi connectivity index (χ0v) is 18.7. The Morgan fingerprint density at radius 1 is 1.27 bits per heavy atom. The van der Waals surface area contributed by atoms with Crippen LogP contribution in [0.2, 0.25) is 0 Å². The van der Waals surface area contributed by atoms with Crippen molar-refractivity contribution in [1.29, 1.82) is 5.26 Å². The molecule has 0 unspecified atom stereocenters. The Morgan fingerprint density at radius 3 is 2.83 bits per heavy atom. The van der Waals surface area contributed by atoms with Gasteiger partial charge in [0.15, 0.2) is 0 Å². The number of aromatic nitrogens is 2. The van der Waals surface area contributed by atoms with Gasteiger partial charge in [-0.25, -0.2) is 4.98 Å². The highest BCUT2D eigenvalue weighted by Crippen LogP contribution is 2.23. The molecule has 3 rings (SSSR count). The molecule has 1 aliphatic heterocycles. The number of anilines is 3. The second-order valence-corrected chi connectivity index (χ2v) is 8.64. The standard InChI is InChI=1S/C24H34N6/c1-5-7-20-13-23(30-11-6-8-22(16-30)26-15-17(2)3)29-24(27-20)28-21-10-9-18(4)19(12-21)14-25/h9-10,12-13,17,22,26H,5-8,11,15-16H2,1-4H3,(H,27,28,29)/t22-/m0/s1. The number of nitrogens with zero attached hydrogens (tertiary/aromatic N) is 4. The third-order valence-electron chi connectivity index (χ3n) is 5.45. The van der Waals surface area contributed by atoms with E-state index in [2.05, 4.69) is 48.4 Å². The lowest BCUT2D eigenvalue weighted by molar-refractivity contribution is 0.398. The molecule has 6 nitrogen and oxygen atoms in total. The fraction of sp³-hybridized carbons (Fsp3) is 0.542. The van der Waals surface area contributed by atoms with Crippen LogP contribution in [0.15, 0.2) is 24.3 Å². The van der Waals surface area contributed by atoms with Crippen LogP contribution in [0.25, 0.3) is 0 Å². The summed E-state index contributed by atoms with van der Waals surface area (Å²) in [5.41, 5.74) is 3.53. The van der Waals surface area contributed by atoms with E-state index in [0.717, 1.165) is 61.7 Å². The van der Waals surface area contributed by atoms with Crippen LogP contribution >= 0.6 is 0 Å². The number of aryl methyl sites for hydroxylation is 2. The predicted molar refractivity (Wildman–Crippen MR) is 123 cm³/mol. The largest absolute Gasteiger partial charge is 0.355 e. The number of nitrogens with one attached hydrogen (secondary N) is 2. The minimum Gasteiger partial charge on any atom is -0.355 e. The minimum atomic E-state index is 0.498. The van der Waals surface area contributed by atoms with Crippen LogP contribution in [0, 0.1) is 24.2 Å². The number of hydrogen-bond acceptors (Lipinski definition) is 6. The summed E-state index contributed by atoms with van der Waals surface area (Å²) in [6, 6.07) is 10.7. The van der Waals surface area contributed by atoms with Gasteiger partial charge in [-0.05, 0) is 56.3 Å². The van der Waals surface area contributed by atoms with E-state index >= 15 is 0 Å². The van der Waals surface area contributed by atoms with Crippen LogP contribution < -0.4 is 15.5 Å². The van der Waals surface area contributed by atoms with E-state index in [-0.39, 0.29) is 0 Å². The van der Waals surface area contributed by atoms with E-state index in [1.165, 1.54) is 6.42 Å². The zero-order chi connectivity index (χ0) is 21.5. The average molecular weight is 407 g/mol. The van der Waals surface area contributed by atoms with Crippen molar-refractivity contribution in [1.82, 2.24) is 15.3 Å². The molecular formula is C24H34N6. The number of rotatable bonds is 8. The van der Waals surface area contributed by atoms with Crippen molar-refractivity contribution >= 4 is 17.5 Å². The first kappa shape index (κ1) is 22.0. The molecule has 0 aliphatic carbocycles. The molecule has 1 aromatic carbocycles. The van der Waals surface area contributed by atoms with Crippen molar-refractivity contribution in [3.05, 3.63) is 41.1 Å². The van der Waals surface area contributed by atoms with Gasteiger partial charge in [-0.2, -0.15) is 10.2 Å². The van der Waals surface area contributed by atoms with Gasteiger partial charge in [0.1, 0.15) is 5.82 Å². The lowest BCUT2D eigenvalue weighted by Crippen LogP contribution is -2.47. The fourth-order valence-corrected chi connectivity index (χ4v) is 3.79. The molecule has 0 saturated carbocycles. The topological polar surface area (TPSA) is 76.9 Å². The highest BCUT2D eigenvalue weighted by Gasteiger charge is 2.22. The summed E-state index contributed by atoms with van der Waals surface area (Å²) in [4.78, 5) is 11.9. The fourth-order valence-electron chi connectivity index (χ4n) is 3.79. The quantitative estimate of drug-likeness (QED) is 0.669. The van der Waals surface area contributed by atoms with E-state index in [9.17, 15) is 5.26 Å². The minimum absolute atomic E-state index is 0.498. The SMILES string of the molecule is CCCc1cc(N2CCC[C@H](NCC(C)C)C2)nc(Nc2ccc(C)c(C#N)c2)n1. The summed E-state index contributed by atoms with van der Waals surface area (Å²) in [7, 11) is 0. The van der Waals surface area contributed by atoms with Gasteiger partial charge >= 0.3 is 0 Å². The molecule has 2 aromatic rings. The van der Waals surface area contributed by atoms with Gasteiger partial charge in [0, 0.05) is 36.6 Å². The van der Waals surface area contributed by atoms with Crippen molar-refractivity contribution in [3.63, 3.8) is 0 Å². The van der Waals surface area contributed by atoms with E-state index in [4.69, 9.17) is 9.97 Å². The van der Waals surface area contributed by atoms with Crippen molar-refractivity contribution in [2.24, 2.45) is 5.92 Å². The van der Waals surface area contributed by atoms with Crippen molar-refractivity contribution in [2.75, 3.05) is 29.9 Å². The number of hydrogen-bond donors (Lipinski definition) is 2. The Bertz CT molecular complexity index is 886. The first-order valence-electron chi connectivity index (χ1n) is 11.1. The first-order valence-corrected chi connectivity index (χ1v) is 11.1. The van der Waals surface area contributed by atoms with Gasteiger partial charge in [-0.15, -0.1) is 0 Å². The molecule has 2 N–H and O–H groups in total. The molecule has 0 spiro atoms. The monoisotopic (exact) mass is 406 g/mol. The van der Waals surface area contributed by atoms with Crippen LogP contribution in [0.1, 0.15) is 56.9 Å². The molecule has 1 saturated heterocycles. The molecule has 160 valence electrons. The van der Waals surface area contributed by atoms with E-state index < -0.39 is 0 Å². The molecule has 0 radical (unpaired) electrons. The Kier molecular flexibility index (Phi) is 7.64. The van der Waals surface area contributed by atoms with E-state index in [1.807, 2.05) is 25.1 Å². The van der Waals surface area contributed by atoms with Gasteiger partial charge in [-0.3, -0.25) is 0 Å². The van der Waals surface area contributed by atoms with E-state index in [0.29, 0.717) is 23.5 Å². The van der Waals surface area contributed by atoms with Gasteiger partial charge in [0.05, 0.1) is 11.6 Å². The van der Waals surface area contributed by atoms with Gasteiger partial charge in [0.2, 0.25) is 5.95 Å². The lowest BCUT2D eigenvalue weighted by atomic mass is 10.0. The van der Waals surface area contributed by atoms with Crippen molar-refractivity contribution in [3.8, 4) is 6.07 Å². The van der Waals surface area contributed by atoms with Crippen LogP contribution in [-0.2, 0) is 6.42 Å². The summed E-state index contributed by atoms with van der Waals surface area (Å²) in [5.74, 6) is 2.24. The second kappa shape index (κ2) is 10.4. The highest BCUT2D eigenvalue weighted by molar-refractivity contribution is 5.59. The van der Waals surface area contributed by atoms with Gasteiger partial charge in [-0.1, -0.05) is 33.3 Å². The summed E-state index contributed by atoms with van der Waals surface area (Å²) in [6.07, 6.45) is 4.33. The molecule has 1 fully saturated rings. The molecule has 0 amide bonds. The number of piperidine rings is 1. The average Bonchev–Trinajstić information content (AvgIpc) is 2.74. The van der Waals surface area contributed by atoms with Crippen LogP contribution in [-0.4, -0.2) is 35.6 Å². The van der Waals surface area contributed by atoms with E-state index in [1.54, 1.807) is 0 Å². The zero-order valence-electron chi connectivity index (χ0n) is 18.7. The smallest absolute Gasteiger partial charge is 0.229 e. The summed E-state index contributed by atoms with van der Waals surface area (Å²) in [6.45, 7) is 11.6. The Labute approximate surface area is 180 Å². The second-order valence-electron chi connectivity index (χ2n) is 8.64. The van der Waals surface area contributed by atoms with Crippen molar-refractivity contribution in [2.45, 2.75) is 59.4 Å². The van der Waals surface area contributed by atoms with Crippen LogP contribution in [0.3, 0.4) is 0 Å². The third kappa shape index (κ3) is 5.93. The molecule has 30 heavy (non-hydrogen) atoms. The number of benzene rings is 1. The molecule has 1 aliphatic rings. The Hall–Kier alpha value is -2.65. The highest BCUT2D eigenvalue weighted by atomic mass is 15.2. The molecule has 6 heteroatoms. The lowest BCUT2D eigenvalue weighted by Gasteiger charge is -2.34. The Balaban J connectivity index is 1.81. The summed E-state index contributed by atoms with van der Waals surface area (Å²) < 4.78 is 0. The predicted octanol–water partition coefficient (Wildman–Crippen LogP) is 4.57. The van der Waals surface area contributed by atoms with Crippen LogP contribution in [0.5, 0.6) is 0 Å². The van der Waals surface area contributed by atoms with Crippen molar-refractivity contribution < 1.29 is 0 Å². The molecule has 1 atom stereocenters. The molecule has 2 heterocycles. The van der Waals surface area contributed by atoms with Gasteiger partial charge in [0.25, 0.3) is 0 Å². The maximum atomic E-state index is 9.32. The molecule has 1 aromatic heterocycles. The first-order chi connectivity index (χ1) is 14.5. The third-order valence-corrected chi connectivity index (χ3v) is 5.45. The summed E-state index contributed by atoms with van der Waals surface area (Å²) in [5, 5.41) is 16.3. The Morgan fingerprint density at radius 2 is 2.10 bits per heavy atom. The van der Waals surface area contributed by atoms with Crippen LogP contribution in [0.4, 0.5) is 17.5 Å². The summed E-state index contributed by atoms with van der Waals surface area (Å²) >= 11 is 0. The number of nitriles is 1.